The minimum absolute atomic E-state index is 0.258. The second kappa shape index (κ2) is 7.86. The molecule has 1 atom stereocenters. The van der Waals surface area contributed by atoms with Crippen LogP contribution in [0.5, 0.6) is 5.75 Å². The van der Waals surface area contributed by atoms with Crippen LogP contribution >= 0.6 is 61.7 Å². The van der Waals surface area contributed by atoms with Gasteiger partial charge in [0.05, 0.1) is 10.7 Å². The van der Waals surface area contributed by atoms with Gasteiger partial charge in [-0.15, -0.1) is 0 Å². The quantitative estimate of drug-likeness (QED) is 0.526. The molecule has 0 spiro atoms. The van der Waals surface area contributed by atoms with E-state index in [2.05, 4.69) is 43.8 Å². The number of hydrogen-bond donors (Lipinski definition) is 1. The van der Waals surface area contributed by atoms with Crippen LogP contribution in [0, 0.1) is 3.57 Å². The summed E-state index contributed by atoms with van der Waals surface area (Å²) in [6, 6.07) is 10.5. The number of benzene rings is 2. The summed E-state index contributed by atoms with van der Waals surface area (Å²) < 4.78 is 7.46. The highest BCUT2D eigenvalue weighted by Gasteiger charge is 2.17. The Morgan fingerprint density at radius 3 is 2.64 bits per heavy atom. The van der Waals surface area contributed by atoms with Gasteiger partial charge in [0.25, 0.3) is 5.91 Å². The van der Waals surface area contributed by atoms with Crippen molar-refractivity contribution >= 4 is 73.3 Å². The molecule has 0 saturated heterocycles. The Balaban J connectivity index is 2.05. The average molecular weight is 515 g/mol. The largest absolute Gasteiger partial charge is 0.479 e. The predicted molar refractivity (Wildman–Crippen MR) is 102 cm³/mol. The van der Waals surface area contributed by atoms with Crippen molar-refractivity contribution in [3.05, 3.63) is 54.5 Å². The Labute approximate surface area is 160 Å². The highest BCUT2D eigenvalue weighted by molar-refractivity contribution is 14.1. The third-order valence-electron chi connectivity index (χ3n) is 2.76. The van der Waals surface area contributed by atoms with Gasteiger partial charge in [0, 0.05) is 13.1 Å². The number of nitrogens with one attached hydrogen (secondary N) is 1. The molecule has 0 heterocycles. The van der Waals surface area contributed by atoms with Crippen molar-refractivity contribution < 1.29 is 9.53 Å². The van der Waals surface area contributed by atoms with Gasteiger partial charge >= 0.3 is 0 Å². The van der Waals surface area contributed by atoms with Crippen LogP contribution in [-0.4, -0.2) is 12.0 Å². The van der Waals surface area contributed by atoms with E-state index in [-0.39, 0.29) is 5.91 Å². The predicted octanol–water partition coefficient (Wildman–Crippen LogP) is 5.77. The smallest absolute Gasteiger partial charge is 0.265 e. The Bertz CT molecular complexity index is 712. The molecule has 0 radical (unpaired) electrons. The van der Waals surface area contributed by atoms with Gasteiger partial charge < -0.3 is 10.1 Å². The number of halogens is 4. The fraction of sp³-hybridized carbons (Fsp3) is 0.133. The van der Waals surface area contributed by atoms with Crippen molar-refractivity contribution in [3.63, 3.8) is 0 Å². The van der Waals surface area contributed by atoms with Crippen LogP contribution < -0.4 is 10.1 Å². The number of hydrogen-bond acceptors (Lipinski definition) is 2. The van der Waals surface area contributed by atoms with Crippen molar-refractivity contribution in [2.24, 2.45) is 0 Å². The molecule has 0 bridgehead atoms. The second-order valence-corrected chi connectivity index (χ2v) is 7.37. The summed E-state index contributed by atoms with van der Waals surface area (Å²) in [6.45, 7) is 1.66. The summed E-state index contributed by atoms with van der Waals surface area (Å²) in [7, 11) is 0. The summed E-state index contributed by atoms with van der Waals surface area (Å²) in [5, 5.41) is 3.71. The minimum atomic E-state index is -0.696. The zero-order valence-electron chi connectivity index (χ0n) is 11.4. The fourth-order valence-corrected chi connectivity index (χ4v) is 3.53. The van der Waals surface area contributed by atoms with E-state index in [9.17, 15) is 4.79 Å². The summed E-state index contributed by atoms with van der Waals surface area (Å²) in [6.07, 6.45) is -0.696. The molecule has 2 rings (SSSR count). The molecule has 0 aliphatic carbocycles. The minimum Gasteiger partial charge on any atom is -0.479 e. The molecular formula is C15H11BrCl2INO2. The maximum atomic E-state index is 12.2. The fourth-order valence-electron chi connectivity index (χ4n) is 1.64. The van der Waals surface area contributed by atoms with Gasteiger partial charge in [-0.25, -0.2) is 0 Å². The van der Waals surface area contributed by atoms with Crippen LogP contribution in [0.4, 0.5) is 5.69 Å². The van der Waals surface area contributed by atoms with Crippen LogP contribution in [0.3, 0.4) is 0 Å². The van der Waals surface area contributed by atoms with E-state index < -0.39 is 6.10 Å². The van der Waals surface area contributed by atoms with E-state index in [1.165, 1.54) is 0 Å². The molecule has 22 heavy (non-hydrogen) atoms. The van der Waals surface area contributed by atoms with E-state index >= 15 is 0 Å². The van der Waals surface area contributed by atoms with Crippen LogP contribution in [0.2, 0.25) is 10.0 Å². The number of ether oxygens (including phenoxy) is 1. The maximum Gasteiger partial charge on any atom is 0.265 e. The summed E-state index contributed by atoms with van der Waals surface area (Å²) in [5.74, 6) is 0.158. The van der Waals surface area contributed by atoms with E-state index in [0.717, 1.165) is 13.7 Å². The molecule has 0 fully saturated rings. The Morgan fingerprint density at radius 2 is 2.00 bits per heavy atom. The molecule has 0 aliphatic heterocycles. The lowest BCUT2D eigenvalue weighted by Crippen LogP contribution is -2.30. The van der Waals surface area contributed by atoms with E-state index in [0.29, 0.717) is 15.8 Å². The third-order valence-corrected chi connectivity index (χ3v) is 4.67. The molecule has 116 valence electrons. The van der Waals surface area contributed by atoms with Crippen LogP contribution in [0.15, 0.2) is 40.9 Å². The molecule has 0 saturated carbocycles. The molecule has 3 nitrogen and oxygen atoms in total. The van der Waals surface area contributed by atoms with Gasteiger partial charge in [-0.2, -0.15) is 0 Å². The van der Waals surface area contributed by atoms with Crippen molar-refractivity contribution in [1.82, 2.24) is 0 Å². The first kappa shape index (κ1) is 17.8. The zero-order chi connectivity index (χ0) is 16.3. The molecule has 1 unspecified atom stereocenters. The monoisotopic (exact) mass is 513 g/mol. The van der Waals surface area contributed by atoms with E-state index in [1.54, 1.807) is 25.1 Å². The second-order valence-electron chi connectivity index (χ2n) is 4.45. The van der Waals surface area contributed by atoms with Crippen LogP contribution in [-0.2, 0) is 4.79 Å². The molecule has 7 heteroatoms. The molecule has 0 aromatic heterocycles. The molecule has 0 aliphatic rings. The lowest BCUT2D eigenvalue weighted by molar-refractivity contribution is -0.122. The molecule has 2 aromatic rings. The van der Waals surface area contributed by atoms with Crippen LogP contribution in [0.1, 0.15) is 6.92 Å². The zero-order valence-corrected chi connectivity index (χ0v) is 16.6. The van der Waals surface area contributed by atoms with Crippen LogP contribution in [0.25, 0.3) is 0 Å². The van der Waals surface area contributed by atoms with Gasteiger partial charge in [0.15, 0.2) is 6.10 Å². The SMILES string of the molecule is CC(Oc1ccc(Cl)cc1Cl)C(=O)Nc1ccc(Br)cc1I. The third kappa shape index (κ3) is 4.75. The molecule has 1 N–H and O–H groups in total. The normalized spacial score (nSPS) is 11.9. The summed E-state index contributed by atoms with van der Waals surface area (Å²) in [5.41, 5.74) is 0.728. The Morgan fingerprint density at radius 1 is 1.27 bits per heavy atom. The van der Waals surface area contributed by atoms with E-state index in [4.69, 9.17) is 27.9 Å². The topological polar surface area (TPSA) is 38.3 Å². The first-order valence-corrected chi connectivity index (χ1v) is 8.87. The van der Waals surface area contributed by atoms with Gasteiger partial charge in [-0.1, -0.05) is 39.1 Å². The Kier molecular flexibility index (Phi) is 6.37. The number of amides is 1. The van der Waals surface area contributed by atoms with Crippen molar-refractivity contribution in [2.45, 2.75) is 13.0 Å². The lowest BCUT2D eigenvalue weighted by Gasteiger charge is -2.16. The maximum absolute atomic E-state index is 12.2. The standard InChI is InChI=1S/C15H11BrCl2INO2/c1-8(22-14-5-3-10(17)7-11(14)18)15(21)20-13-4-2-9(16)6-12(13)19/h2-8H,1H3,(H,20,21). The summed E-state index contributed by atoms with van der Waals surface area (Å²) >= 11 is 17.4. The first-order valence-electron chi connectivity index (χ1n) is 6.24. The summed E-state index contributed by atoms with van der Waals surface area (Å²) in [4.78, 5) is 12.2. The number of carbonyl (C=O) groups excluding carboxylic acids is 1. The number of rotatable bonds is 4. The molecular weight excluding hydrogens is 504 g/mol. The van der Waals surface area contributed by atoms with Gasteiger partial charge in [0.1, 0.15) is 5.75 Å². The first-order chi connectivity index (χ1) is 10.4. The van der Waals surface area contributed by atoms with Crippen molar-refractivity contribution in [3.8, 4) is 5.75 Å². The highest BCUT2D eigenvalue weighted by Crippen LogP contribution is 2.28. The molecule has 2 aromatic carbocycles. The lowest BCUT2D eigenvalue weighted by atomic mass is 10.3. The number of carbonyl (C=O) groups is 1. The van der Waals surface area contributed by atoms with Crippen molar-refractivity contribution in [1.29, 1.82) is 0 Å². The average Bonchev–Trinajstić information content (AvgIpc) is 2.44. The van der Waals surface area contributed by atoms with E-state index in [1.807, 2.05) is 18.2 Å². The van der Waals surface area contributed by atoms with Gasteiger partial charge in [-0.3, -0.25) is 4.79 Å². The molecule has 1 amide bonds. The Hall–Kier alpha value is -0.500. The van der Waals surface area contributed by atoms with Gasteiger partial charge in [-0.05, 0) is 65.9 Å². The van der Waals surface area contributed by atoms with Gasteiger partial charge in [0.2, 0.25) is 0 Å². The van der Waals surface area contributed by atoms with Crippen molar-refractivity contribution in [2.75, 3.05) is 5.32 Å². The number of anilines is 1. The highest BCUT2D eigenvalue weighted by atomic mass is 127.